The average Bonchev–Trinajstić information content (AvgIpc) is 2.79. The third-order valence-electron chi connectivity index (χ3n) is 2.53. The molecule has 0 heterocycles. The van der Waals surface area contributed by atoms with Crippen molar-refractivity contribution in [3.8, 4) is 0 Å². The van der Waals surface area contributed by atoms with E-state index >= 15 is 0 Å². The smallest absolute Gasteiger partial charge is 0.329 e. The van der Waals surface area contributed by atoms with Crippen LogP contribution in [0.1, 0.15) is 26.2 Å². The standard InChI is InChI=1S/C9H15NO2/c1-2-9(4-5-9)7-10-6-3-8(11)12/h3,6,10H,2,4-5,7H2,1H3,(H,11,12)/b6-3+. The molecule has 1 saturated carbocycles. The van der Waals surface area contributed by atoms with Gasteiger partial charge < -0.3 is 10.4 Å². The molecule has 0 spiro atoms. The summed E-state index contributed by atoms with van der Waals surface area (Å²) in [6.07, 6.45) is 6.37. The van der Waals surface area contributed by atoms with Gasteiger partial charge in [0.15, 0.2) is 0 Å². The quantitative estimate of drug-likeness (QED) is 0.611. The number of carboxylic acids is 1. The molecule has 1 aliphatic carbocycles. The molecule has 0 saturated heterocycles. The van der Waals surface area contributed by atoms with Crippen molar-refractivity contribution in [2.75, 3.05) is 6.54 Å². The van der Waals surface area contributed by atoms with E-state index in [1.54, 1.807) is 0 Å². The van der Waals surface area contributed by atoms with Gasteiger partial charge in [0.1, 0.15) is 0 Å². The Morgan fingerprint density at radius 2 is 2.33 bits per heavy atom. The molecule has 0 amide bonds. The van der Waals surface area contributed by atoms with Crippen LogP contribution in [0.4, 0.5) is 0 Å². The minimum absolute atomic E-state index is 0.475. The van der Waals surface area contributed by atoms with Crippen molar-refractivity contribution in [3.05, 3.63) is 12.3 Å². The highest BCUT2D eigenvalue weighted by atomic mass is 16.4. The van der Waals surface area contributed by atoms with E-state index in [0.29, 0.717) is 5.41 Å². The van der Waals surface area contributed by atoms with Crippen LogP contribution in [0, 0.1) is 5.41 Å². The van der Waals surface area contributed by atoms with Gasteiger partial charge >= 0.3 is 5.97 Å². The Morgan fingerprint density at radius 3 is 2.75 bits per heavy atom. The van der Waals surface area contributed by atoms with E-state index in [-0.39, 0.29) is 0 Å². The molecule has 1 fully saturated rings. The Labute approximate surface area is 72.5 Å². The molecule has 0 atom stereocenters. The first kappa shape index (κ1) is 9.10. The Bertz CT molecular complexity index is 195. The zero-order chi connectivity index (χ0) is 9.03. The zero-order valence-electron chi connectivity index (χ0n) is 7.34. The van der Waals surface area contributed by atoms with Gasteiger partial charge in [0, 0.05) is 18.8 Å². The molecule has 2 N–H and O–H groups in total. The van der Waals surface area contributed by atoms with E-state index < -0.39 is 5.97 Å². The molecule has 68 valence electrons. The van der Waals surface area contributed by atoms with Crippen LogP contribution in [0.25, 0.3) is 0 Å². The van der Waals surface area contributed by atoms with Crippen LogP contribution in [-0.4, -0.2) is 17.6 Å². The monoisotopic (exact) mass is 169 g/mol. The van der Waals surface area contributed by atoms with Gasteiger partial charge in [-0.05, 0) is 24.7 Å². The lowest BCUT2D eigenvalue weighted by Gasteiger charge is -2.10. The van der Waals surface area contributed by atoms with Crippen molar-refractivity contribution in [1.82, 2.24) is 5.32 Å². The highest BCUT2D eigenvalue weighted by Gasteiger charge is 2.39. The Balaban J connectivity index is 2.14. The molecule has 3 nitrogen and oxygen atoms in total. The summed E-state index contributed by atoms with van der Waals surface area (Å²) < 4.78 is 0. The maximum atomic E-state index is 10.1. The summed E-state index contributed by atoms with van der Waals surface area (Å²) in [6, 6.07) is 0. The number of aliphatic carboxylic acids is 1. The van der Waals surface area contributed by atoms with E-state index in [4.69, 9.17) is 5.11 Å². The first-order valence-corrected chi connectivity index (χ1v) is 4.31. The van der Waals surface area contributed by atoms with Gasteiger partial charge in [-0.1, -0.05) is 6.92 Å². The number of carboxylic acid groups (broad SMARTS) is 1. The van der Waals surface area contributed by atoms with E-state index in [9.17, 15) is 4.79 Å². The van der Waals surface area contributed by atoms with Crippen molar-refractivity contribution in [2.45, 2.75) is 26.2 Å². The molecule has 0 aliphatic heterocycles. The van der Waals surface area contributed by atoms with Gasteiger partial charge in [0.05, 0.1) is 0 Å². The summed E-state index contributed by atoms with van der Waals surface area (Å²) in [5.41, 5.74) is 0.475. The Hall–Kier alpha value is -0.990. The molecule has 0 aromatic rings. The summed E-state index contributed by atoms with van der Waals surface area (Å²) in [5.74, 6) is -0.899. The lowest BCUT2D eigenvalue weighted by Crippen LogP contribution is -2.18. The number of nitrogens with one attached hydrogen (secondary N) is 1. The largest absolute Gasteiger partial charge is 0.478 e. The second kappa shape index (κ2) is 3.61. The van der Waals surface area contributed by atoms with Crippen molar-refractivity contribution in [3.63, 3.8) is 0 Å². The van der Waals surface area contributed by atoms with Crippen LogP contribution >= 0.6 is 0 Å². The molecular formula is C9H15NO2. The van der Waals surface area contributed by atoms with Crippen molar-refractivity contribution >= 4 is 5.97 Å². The second-order valence-electron chi connectivity index (χ2n) is 3.41. The summed E-state index contributed by atoms with van der Waals surface area (Å²) in [6.45, 7) is 3.09. The average molecular weight is 169 g/mol. The van der Waals surface area contributed by atoms with Crippen LogP contribution < -0.4 is 5.32 Å². The van der Waals surface area contributed by atoms with Gasteiger partial charge in [-0.25, -0.2) is 4.79 Å². The number of rotatable bonds is 5. The van der Waals surface area contributed by atoms with E-state index in [1.807, 2.05) is 0 Å². The minimum Gasteiger partial charge on any atom is -0.478 e. The first-order valence-electron chi connectivity index (χ1n) is 4.31. The SMILES string of the molecule is CCC1(CN/C=C/C(=O)O)CC1. The van der Waals surface area contributed by atoms with Crippen LogP contribution in [0.2, 0.25) is 0 Å². The maximum Gasteiger partial charge on any atom is 0.329 e. The molecule has 0 bridgehead atoms. The fourth-order valence-corrected chi connectivity index (χ4v) is 1.24. The predicted molar refractivity (Wildman–Crippen MR) is 46.7 cm³/mol. The lowest BCUT2D eigenvalue weighted by atomic mass is 10.0. The van der Waals surface area contributed by atoms with Gasteiger partial charge in [-0.3, -0.25) is 0 Å². The summed E-state index contributed by atoms with van der Waals surface area (Å²) in [4.78, 5) is 10.1. The molecular weight excluding hydrogens is 154 g/mol. The topological polar surface area (TPSA) is 49.3 Å². The van der Waals surface area contributed by atoms with E-state index in [0.717, 1.165) is 12.6 Å². The second-order valence-corrected chi connectivity index (χ2v) is 3.41. The minimum atomic E-state index is -0.899. The third kappa shape index (κ3) is 2.57. The number of hydrogen-bond acceptors (Lipinski definition) is 2. The van der Waals surface area contributed by atoms with E-state index in [1.165, 1.54) is 25.5 Å². The van der Waals surface area contributed by atoms with Crippen LogP contribution in [0.5, 0.6) is 0 Å². The lowest BCUT2D eigenvalue weighted by molar-refractivity contribution is -0.131. The zero-order valence-corrected chi connectivity index (χ0v) is 7.34. The maximum absolute atomic E-state index is 10.1. The van der Waals surface area contributed by atoms with Crippen molar-refractivity contribution in [2.24, 2.45) is 5.41 Å². The molecule has 12 heavy (non-hydrogen) atoms. The third-order valence-corrected chi connectivity index (χ3v) is 2.53. The van der Waals surface area contributed by atoms with Crippen molar-refractivity contribution in [1.29, 1.82) is 0 Å². The van der Waals surface area contributed by atoms with Gasteiger partial charge in [0.2, 0.25) is 0 Å². The summed E-state index contributed by atoms with van der Waals surface area (Å²) >= 11 is 0. The van der Waals surface area contributed by atoms with Crippen LogP contribution in [-0.2, 0) is 4.79 Å². The van der Waals surface area contributed by atoms with Crippen molar-refractivity contribution < 1.29 is 9.90 Å². The molecule has 0 radical (unpaired) electrons. The first-order chi connectivity index (χ1) is 5.68. The molecule has 1 aliphatic rings. The summed E-state index contributed by atoms with van der Waals surface area (Å²) in [5, 5.41) is 11.3. The number of carbonyl (C=O) groups is 1. The van der Waals surface area contributed by atoms with Gasteiger partial charge in [-0.15, -0.1) is 0 Å². The Morgan fingerprint density at radius 1 is 1.67 bits per heavy atom. The molecule has 1 rings (SSSR count). The highest BCUT2D eigenvalue weighted by Crippen LogP contribution is 2.47. The van der Waals surface area contributed by atoms with Crippen LogP contribution in [0.15, 0.2) is 12.3 Å². The van der Waals surface area contributed by atoms with Gasteiger partial charge in [-0.2, -0.15) is 0 Å². The molecule has 0 unspecified atom stereocenters. The van der Waals surface area contributed by atoms with Gasteiger partial charge in [0.25, 0.3) is 0 Å². The fourth-order valence-electron chi connectivity index (χ4n) is 1.24. The highest BCUT2D eigenvalue weighted by molar-refractivity contribution is 5.79. The molecule has 0 aromatic carbocycles. The fraction of sp³-hybridized carbons (Fsp3) is 0.667. The predicted octanol–water partition coefficient (Wildman–Crippen LogP) is 1.36. The summed E-state index contributed by atoms with van der Waals surface area (Å²) in [7, 11) is 0. The van der Waals surface area contributed by atoms with E-state index in [2.05, 4.69) is 12.2 Å². The van der Waals surface area contributed by atoms with Crippen LogP contribution in [0.3, 0.4) is 0 Å². The molecule has 0 aromatic heterocycles. The molecule has 3 heteroatoms. The Kier molecular flexibility index (Phi) is 2.74. The number of hydrogen-bond donors (Lipinski definition) is 2. The normalized spacial score (nSPS) is 19.4.